The molecule has 1 rings (SSSR count). The lowest BCUT2D eigenvalue weighted by Gasteiger charge is -2.16. The predicted molar refractivity (Wildman–Crippen MR) is 52.3 cm³/mol. The van der Waals surface area contributed by atoms with Crippen LogP contribution in [0.5, 0.6) is 0 Å². The summed E-state index contributed by atoms with van der Waals surface area (Å²) in [5.41, 5.74) is -0.506. The van der Waals surface area contributed by atoms with Crippen molar-refractivity contribution in [2.45, 2.75) is 20.8 Å². The van der Waals surface area contributed by atoms with Gasteiger partial charge in [0.1, 0.15) is 11.6 Å². The molecule has 0 saturated heterocycles. The summed E-state index contributed by atoms with van der Waals surface area (Å²) in [7, 11) is 0. The van der Waals surface area contributed by atoms with E-state index in [2.05, 4.69) is 10.3 Å². The molecule has 0 bridgehead atoms. The minimum Gasteiger partial charge on any atom is -0.310 e. The van der Waals surface area contributed by atoms with Crippen LogP contribution in [0.3, 0.4) is 0 Å². The second kappa shape index (κ2) is 3.74. The topological polar surface area (TPSA) is 42.0 Å². The third-order valence-electron chi connectivity index (χ3n) is 1.64. The predicted octanol–water partition coefficient (Wildman–Crippen LogP) is 2.21. The van der Waals surface area contributed by atoms with Crippen LogP contribution in [0.4, 0.5) is 10.2 Å². The van der Waals surface area contributed by atoms with Gasteiger partial charge in [0.2, 0.25) is 5.91 Å². The quantitative estimate of drug-likeness (QED) is 0.748. The number of nitrogens with zero attached hydrogens (tertiary/aromatic N) is 1. The molecule has 0 aliphatic rings. The molecule has 0 spiro atoms. The van der Waals surface area contributed by atoms with Crippen LogP contribution in [-0.2, 0) is 4.79 Å². The van der Waals surface area contributed by atoms with E-state index in [4.69, 9.17) is 0 Å². The van der Waals surface area contributed by atoms with Gasteiger partial charge in [-0.1, -0.05) is 20.8 Å². The van der Waals surface area contributed by atoms with E-state index < -0.39 is 11.2 Å². The van der Waals surface area contributed by atoms with Gasteiger partial charge >= 0.3 is 0 Å². The van der Waals surface area contributed by atoms with E-state index in [1.54, 1.807) is 20.8 Å². The Bertz CT molecular complexity index is 344. The van der Waals surface area contributed by atoms with Crippen LogP contribution in [0.1, 0.15) is 20.8 Å². The summed E-state index contributed by atoms with van der Waals surface area (Å²) < 4.78 is 12.7. The Morgan fingerprint density at radius 2 is 2.14 bits per heavy atom. The van der Waals surface area contributed by atoms with Gasteiger partial charge in [-0.25, -0.2) is 9.37 Å². The van der Waals surface area contributed by atoms with Crippen molar-refractivity contribution >= 4 is 11.7 Å². The number of anilines is 1. The summed E-state index contributed by atoms with van der Waals surface area (Å²) in [5, 5.41) is 2.53. The van der Waals surface area contributed by atoms with E-state index in [0.717, 1.165) is 0 Å². The van der Waals surface area contributed by atoms with Gasteiger partial charge in [0, 0.05) is 17.7 Å². The zero-order chi connectivity index (χ0) is 10.8. The summed E-state index contributed by atoms with van der Waals surface area (Å²) in [6.45, 7) is 5.34. The van der Waals surface area contributed by atoms with Crippen LogP contribution in [-0.4, -0.2) is 10.9 Å². The first kappa shape index (κ1) is 10.6. The van der Waals surface area contributed by atoms with E-state index in [1.807, 2.05) is 0 Å². The number of halogens is 1. The molecule has 0 unspecified atom stereocenters. The Morgan fingerprint density at radius 1 is 1.50 bits per heavy atom. The van der Waals surface area contributed by atoms with Gasteiger partial charge in [0.25, 0.3) is 0 Å². The lowest BCUT2D eigenvalue weighted by molar-refractivity contribution is -0.123. The average molecular weight is 196 g/mol. The third-order valence-corrected chi connectivity index (χ3v) is 1.64. The monoisotopic (exact) mass is 196 g/mol. The molecule has 0 atom stereocenters. The number of nitrogens with one attached hydrogen (secondary N) is 1. The van der Waals surface area contributed by atoms with Crippen LogP contribution in [0.2, 0.25) is 0 Å². The number of rotatable bonds is 1. The molecule has 0 aromatic carbocycles. The molecule has 1 aromatic rings. The van der Waals surface area contributed by atoms with E-state index >= 15 is 0 Å². The number of amides is 1. The normalized spacial score (nSPS) is 11.1. The SMILES string of the molecule is CC(C)(C)C(=O)Nc1cc(F)ccn1. The number of carbonyl (C=O) groups excluding carboxylic acids is 1. The summed E-state index contributed by atoms with van der Waals surface area (Å²) in [4.78, 5) is 15.3. The van der Waals surface area contributed by atoms with E-state index in [1.165, 1.54) is 18.3 Å². The zero-order valence-corrected chi connectivity index (χ0v) is 8.47. The van der Waals surface area contributed by atoms with Crippen molar-refractivity contribution in [1.29, 1.82) is 0 Å². The Kier molecular flexibility index (Phi) is 2.84. The lowest BCUT2D eigenvalue weighted by Crippen LogP contribution is -2.28. The molecule has 76 valence electrons. The van der Waals surface area contributed by atoms with Crippen molar-refractivity contribution in [3.63, 3.8) is 0 Å². The first-order valence-electron chi connectivity index (χ1n) is 4.32. The van der Waals surface area contributed by atoms with Gasteiger partial charge in [0.05, 0.1) is 0 Å². The van der Waals surface area contributed by atoms with Crippen molar-refractivity contribution in [2.24, 2.45) is 5.41 Å². The maximum atomic E-state index is 12.7. The van der Waals surface area contributed by atoms with E-state index in [9.17, 15) is 9.18 Å². The lowest BCUT2D eigenvalue weighted by atomic mass is 9.96. The van der Waals surface area contributed by atoms with Crippen LogP contribution in [0.15, 0.2) is 18.3 Å². The van der Waals surface area contributed by atoms with Crippen molar-refractivity contribution in [3.05, 3.63) is 24.1 Å². The van der Waals surface area contributed by atoms with Crippen LogP contribution in [0, 0.1) is 11.2 Å². The fourth-order valence-electron chi connectivity index (χ4n) is 0.777. The Labute approximate surface area is 82.4 Å². The number of pyridine rings is 1. The first-order valence-corrected chi connectivity index (χ1v) is 4.32. The summed E-state index contributed by atoms with van der Waals surface area (Å²) in [6, 6.07) is 2.41. The number of carbonyl (C=O) groups is 1. The maximum Gasteiger partial charge on any atom is 0.230 e. The second-order valence-corrected chi connectivity index (χ2v) is 4.06. The van der Waals surface area contributed by atoms with E-state index in [0.29, 0.717) is 0 Å². The van der Waals surface area contributed by atoms with Crippen molar-refractivity contribution in [2.75, 3.05) is 5.32 Å². The summed E-state index contributed by atoms with van der Waals surface area (Å²) in [6.07, 6.45) is 1.31. The molecule has 0 radical (unpaired) electrons. The summed E-state index contributed by atoms with van der Waals surface area (Å²) in [5.74, 6) is -0.357. The standard InChI is InChI=1S/C10H13FN2O/c1-10(2,3)9(14)13-8-6-7(11)4-5-12-8/h4-6H,1-3H3,(H,12,13,14). The second-order valence-electron chi connectivity index (χ2n) is 4.06. The maximum absolute atomic E-state index is 12.7. The molecule has 3 nitrogen and oxygen atoms in total. The van der Waals surface area contributed by atoms with Crippen LogP contribution in [0.25, 0.3) is 0 Å². The minimum absolute atomic E-state index is 0.185. The Morgan fingerprint density at radius 3 is 2.64 bits per heavy atom. The van der Waals surface area contributed by atoms with Gasteiger partial charge < -0.3 is 5.32 Å². The molecule has 4 heteroatoms. The highest BCUT2D eigenvalue weighted by Gasteiger charge is 2.21. The molecule has 0 aliphatic carbocycles. The molecule has 1 N–H and O–H groups in total. The van der Waals surface area contributed by atoms with Crippen molar-refractivity contribution < 1.29 is 9.18 Å². The molecule has 0 saturated carbocycles. The van der Waals surface area contributed by atoms with Crippen molar-refractivity contribution in [1.82, 2.24) is 4.98 Å². The zero-order valence-electron chi connectivity index (χ0n) is 8.47. The smallest absolute Gasteiger partial charge is 0.230 e. The first-order chi connectivity index (χ1) is 6.39. The molecule has 0 aliphatic heterocycles. The largest absolute Gasteiger partial charge is 0.310 e. The van der Waals surface area contributed by atoms with Crippen LogP contribution >= 0.6 is 0 Å². The van der Waals surface area contributed by atoms with Gasteiger partial charge in [-0.2, -0.15) is 0 Å². The molecular formula is C10H13FN2O. The van der Waals surface area contributed by atoms with Gasteiger partial charge in [-0.05, 0) is 6.07 Å². The fourth-order valence-corrected chi connectivity index (χ4v) is 0.777. The van der Waals surface area contributed by atoms with Gasteiger partial charge in [-0.3, -0.25) is 4.79 Å². The van der Waals surface area contributed by atoms with Crippen LogP contribution < -0.4 is 5.32 Å². The molecule has 1 amide bonds. The van der Waals surface area contributed by atoms with E-state index in [-0.39, 0.29) is 11.7 Å². The van der Waals surface area contributed by atoms with Crippen molar-refractivity contribution in [3.8, 4) is 0 Å². The van der Waals surface area contributed by atoms with Gasteiger partial charge in [-0.15, -0.1) is 0 Å². The molecule has 0 fully saturated rings. The molecule has 1 heterocycles. The Balaban J connectivity index is 2.75. The number of hydrogen-bond acceptors (Lipinski definition) is 2. The number of aromatic nitrogens is 1. The summed E-state index contributed by atoms with van der Waals surface area (Å²) >= 11 is 0. The minimum atomic E-state index is -0.506. The Hall–Kier alpha value is -1.45. The fraction of sp³-hybridized carbons (Fsp3) is 0.400. The third kappa shape index (κ3) is 2.80. The number of hydrogen-bond donors (Lipinski definition) is 1. The highest BCUT2D eigenvalue weighted by molar-refractivity contribution is 5.93. The highest BCUT2D eigenvalue weighted by Crippen LogP contribution is 2.16. The molecule has 14 heavy (non-hydrogen) atoms. The molecule has 1 aromatic heterocycles. The highest BCUT2D eigenvalue weighted by atomic mass is 19.1. The average Bonchev–Trinajstić information content (AvgIpc) is 2.02. The van der Waals surface area contributed by atoms with Gasteiger partial charge in [0.15, 0.2) is 0 Å². The molecular weight excluding hydrogens is 183 g/mol.